The molecular formula is C22H22FN3O2. The van der Waals surface area contributed by atoms with Crippen LogP contribution in [0.3, 0.4) is 0 Å². The SMILES string of the molecule is CCCCOc1ccc(C2CC(=O)Nc3c2cnn3-c2ccc(F)cc2)cc1. The minimum absolute atomic E-state index is 0.0652. The summed E-state index contributed by atoms with van der Waals surface area (Å²) in [5, 5.41) is 7.34. The molecule has 3 aromatic rings. The summed E-state index contributed by atoms with van der Waals surface area (Å²) in [7, 11) is 0. The van der Waals surface area contributed by atoms with E-state index < -0.39 is 0 Å². The van der Waals surface area contributed by atoms with Gasteiger partial charge in [0.05, 0.1) is 18.5 Å². The Labute approximate surface area is 163 Å². The van der Waals surface area contributed by atoms with Crippen molar-refractivity contribution in [1.29, 1.82) is 0 Å². The fraction of sp³-hybridized carbons (Fsp3) is 0.273. The monoisotopic (exact) mass is 379 g/mol. The van der Waals surface area contributed by atoms with Crippen molar-refractivity contribution in [3.05, 3.63) is 71.7 Å². The number of ether oxygens (including phenoxy) is 1. The van der Waals surface area contributed by atoms with E-state index >= 15 is 0 Å². The van der Waals surface area contributed by atoms with Gasteiger partial charge < -0.3 is 10.1 Å². The highest BCUT2D eigenvalue weighted by atomic mass is 19.1. The van der Waals surface area contributed by atoms with Crippen LogP contribution < -0.4 is 10.1 Å². The summed E-state index contributed by atoms with van der Waals surface area (Å²) >= 11 is 0. The number of anilines is 1. The summed E-state index contributed by atoms with van der Waals surface area (Å²) in [5.41, 5.74) is 2.68. The van der Waals surface area contributed by atoms with E-state index in [-0.39, 0.29) is 17.6 Å². The molecule has 0 saturated carbocycles. The van der Waals surface area contributed by atoms with Crippen LogP contribution in [0.5, 0.6) is 5.75 Å². The first-order valence-corrected chi connectivity index (χ1v) is 9.52. The molecule has 1 N–H and O–H groups in total. The van der Waals surface area contributed by atoms with E-state index in [1.54, 1.807) is 23.0 Å². The van der Waals surface area contributed by atoms with Crippen molar-refractivity contribution in [2.45, 2.75) is 32.1 Å². The van der Waals surface area contributed by atoms with E-state index in [2.05, 4.69) is 17.3 Å². The van der Waals surface area contributed by atoms with Gasteiger partial charge in [0, 0.05) is 17.9 Å². The number of halogens is 1. The molecule has 2 heterocycles. The van der Waals surface area contributed by atoms with Gasteiger partial charge in [0.1, 0.15) is 17.4 Å². The van der Waals surface area contributed by atoms with Crippen molar-refractivity contribution in [1.82, 2.24) is 9.78 Å². The van der Waals surface area contributed by atoms with Gasteiger partial charge in [-0.05, 0) is 48.4 Å². The zero-order valence-corrected chi connectivity index (χ0v) is 15.7. The van der Waals surface area contributed by atoms with Gasteiger partial charge in [-0.25, -0.2) is 9.07 Å². The van der Waals surface area contributed by atoms with Gasteiger partial charge in [-0.15, -0.1) is 0 Å². The number of benzene rings is 2. The average molecular weight is 379 g/mol. The molecule has 144 valence electrons. The molecular weight excluding hydrogens is 357 g/mol. The van der Waals surface area contributed by atoms with E-state index in [1.807, 2.05) is 24.3 Å². The topological polar surface area (TPSA) is 56.1 Å². The van der Waals surface area contributed by atoms with Gasteiger partial charge in [-0.3, -0.25) is 4.79 Å². The molecule has 0 radical (unpaired) electrons. The highest BCUT2D eigenvalue weighted by Gasteiger charge is 2.30. The van der Waals surface area contributed by atoms with Crippen LogP contribution >= 0.6 is 0 Å². The Morgan fingerprint density at radius 3 is 2.64 bits per heavy atom. The van der Waals surface area contributed by atoms with Crippen LogP contribution in [0.15, 0.2) is 54.7 Å². The number of rotatable bonds is 6. The summed E-state index contributed by atoms with van der Waals surface area (Å²) in [5.74, 6) is 1.01. The molecule has 1 unspecified atom stereocenters. The lowest BCUT2D eigenvalue weighted by Gasteiger charge is -2.24. The number of amides is 1. The number of carbonyl (C=O) groups excluding carboxylic acids is 1. The lowest BCUT2D eigenvalue weighted by molar-refractivity contribution is -0.116. The van der Waals surface area contributed by atoms with Crippen molar-refractivity contribution in [2.75, 3.05) is 11.9 Å². The van der Waals surface area contributed by atoms with Crippen LogP contribution in [-0.2, 0) is 4.79 Å². The third kappa shape index (κ3) is 3.63. The van der Waals surface area contributed by atoms with Gasteiger partial charge in [0.25, 0.3) is 0 Å². The Morgan fingerprint density at radius 2 is 1.93 bits per heavy atom. The maximum atomic E-state index is 13.2. The number of hydrogen-bond acceptors (Lipinski definition) is 3. The number of nitrogens with zero attached hydrogens (tertiary/aromatic N) is 2. The third-order valence-electron chi connectivity index (χ3n) is 4.94. The zero-order valence-electron chi connectivity index (χ0n) is 15.7. The Bertz CT molecular complexity index is 964. The van der Waals surface area contributed by atoms with E-state index in [0.29, 0.717) is 24.5 Å². The molecule has 0 fully saturated rings. The van der Waals surface area contributed by atoms with Crippen molar-refractivity contribution in [2.24, 2.45) is 0 Å². The minimum atomic E-state index is -0.312. The zero-order chi connectivity index (χ0) is 19.5. The molecule has 4 rings (SSSR count). The van der Waals surface area contributed by atoms with Gasteiger partial charge in [0.2, 0.25) is 5.91 Å². The standard InChI is InChI=1S/C22H22FN3O2/c1-2-3-12-28-18-10-4-15(5-11-18)19-13-21(27)25-22-20(19)14-24-26(22)17-8-6-16(23)7-9-17/h4-11,14,19H,2-3,12-13H2,1H3,(H,25,27). The first-order valence-electron chi connectivity index (χ1n) is 9.52. The second-order valence-electron chi connectivity index (χ2n) is 6.91. The fourth-order valence-electron chi connectivity index (χ4n) is 3.43. The molecule has 0 aliphatic carbocycles. The third-order valence-corrected chi connectivity index (χ3v) is 4.94. The summed E-state index contributed by atoms with van der Waals surface area (Å²) < 4.78 is 20.6. The van der Waals surface area contributed by atoms with E-state index in [9.17, 15) is 9.18 Å². The van der Waals surface area contributed by atoms with Crippen molar-refractivity contribution >= 4 is 11.7 Å². The van der Waals surface area contributed by atoms with Gasteiger partial charge in [-0.1, -0.05) is 25.5 Å². The quantitative estimate of drug-likeness (QED) is 0.634. The number of nitrogens with one attached hydrogen (secondary N) is 1. The van der Waals surface area contributed by atoms with Gasteiger partial charge in [0.15, 0.2) is 0 Å². The predicted octanol–water partition coefficient (Wildman–Crippen LogP) is 4.66. The highest BCUT2D eigenvalue weighted by molar-refractivity contribution is 5.94. The lowest BCUT2D eigenvalue weighted by Crippen LogP contribution is -2.24. The van der Waals surface area contributed by atoms with Crippen LogP contribution in [0.1, 0.15) is 43.2 Å². The molecule has 1 aliphatic heterocycles. The maximum Gasteiger partial charge on any atom is 0.226 e. The number of carbonyl (C=O) groups is 1. The molecule has 2 aromatic carbocycles. The van der Waals surface area contributed by atoms with Crippen LogP contribution in [0.2, 0.25) is 0 Å². The Hall–Kier alpha value is -3.15. The first kappa shape index (κ1) is 18.2. The van der Waals surface area contributed by atoms with E-state index in [0.717, 1.165) is 29.7 Å². The number of aromatic nitrogens is 2. The summed E-state index contributed by atoms with van der Waals surface area (Å²) in [6, 6.07) is 13.9. The second kappa shape index (κ2) is 7.84. The van der Waals surface area contributed by atoms with E-state index in [4.69, 9.17) is 4.74 Å². The summed E-state index contributed by atoms with van der Waals surface area (Å²) in [6.45, 7) is 2.83. The molecule has 0 bridgehead atoms. The molecule has 1 atom stereocenters. The Balaban J connectivity index is 1.62. The summed E-state index contributed by atoms with van der Waals surface area (Å²) in [6.07, 6.45) is 4.25. The molecule has 0 spiro atoms. The number of fused-ring (bicyclic) bond motifs is 1. The average Bonchev–Trinajstić information content (AvgIpc) is 3.12. The predicted molar refractivity (Wildman–Crippen MR) is 105 cm³/mol. The highest BCUT2D eigenvalue weighted by Crippen LogP contribution is 2.38. The number of hydrogen-bond donors (Lipinski definition) is 1. The molecule has 6 heteroatoms. The Morgan fingerprint density at radius 1 is 1.18 bits per heavy atom. The number of unbranched alkanes of at least 4 members (excludes halogenated alkanes) is 1. The van der Waals surface area contributed by atoms with Crippen LogP contribution in [-0.4, -0.2) is 22.3 Å². The molecule has 5 nitrogen and oxygen atoms in total. The van der Waals surface area contributed by atoms with Crippen LogP contribution in [0.4, 0.5) is 10.2 Å². The normalized spacial score (nSPS) is 15.8. The molecule has 1 aromatic heterocycles. The van der Waals surface area contributed by atoms with Gasteiger partial charge in [-0.2, -0.15) is 5.10 Å². The van der Waals surface area contributed by atoms with E-state index in [1.165, 1.54) is 12.1 Å². The van der Waals surface area contributed by atoms with Crippen molar-refractivity contribution in [3.8, 4) is 11.4 Å². The van der Waals surface area contributed by atoms with Crippen LogP contribution in [0.25, 0.3) is 5.69 Å². The molecule has 1 aliphatic rings. The smallest absolute Gasteiger partial charge is 0.226 e. The molecule has 0 saturated heterocycles. The maximum absolute atomic E-state index is 13.2. The molecule has 28 heavy (non-hydrogen) atoms. The fourth-order valence-corrected chi connectivity index (χ4v) is 3.43. The second-order valence-corrected chi connectivity index (χ2v) is 6.91. The first-order chi connectivity index (χ1) is 13.7. The lowest BCUT2D eigenvalue weighted by atomic mass is 9.87. The van der Waals surface area contributed by atoms with Crippen molar-refractivity contribution < 1.29 is 13.9 Å². The molecule has 1 amide bonds. The van der Waals surface area contributed by atoms with Crippen molar-refractivity contribution in [3.63, 3.8) is 0 Å². The minimum Gasteiger partial charge on any atom is -0.494 e. The largest absolute Gasteiger partial charge is 0.494 e. The summed E-state index contributed by atoms with van der Waals surface area (Å²) in [4.78, 5) is 12.3. The van der Waals surface area contributed by atoms with Gasteiger partial charge >= 0.3 is 0 Å². The van der Waals surface area contributed by atoms with Crippen LogP contribution in [0, 0.1) is 5.82 Å². The Kier molecular flexibility index (Phi) is 5.10.